The normalized spacial score (nSPS) is 49.6. The van der Waals surface area contributed by atoms with Crippen LogP contribution in [0.5, 0.6) is 0 Å². The van der Waals surface area contributed by atoms with Gasteiger partial charge in [0.1, 0.15) is 28.5 Å². The van der Waals surface area contributed by atoms with E-state index in [-0.39, 0.29) is 24.2 Å². The highest BCUT2D eigenvalue weighted by Gasteiger charge is 2.82. The first-order chi connectivity index (χ1) is 17.0. The number of likely N-dealkylation sites (N-methyl/N-ethyl adjacent to an activating group) is 1. The molecular formula is C28H34F2N2O4. The van der Waals surface area contributed by atoms with Crippen LogP contribution in [0.25, 0.3) is 16.7 Å². The maximum absolute atomic E-state index is 17.2. The van der Waals surface area contributed by atoms with Crippen LogP contribution in [0.2, 0.25) is 0 Å². The van der Waals surface area contributed by atoms with Gasteiger partial charge in [-0.2, -0.15) is 0 Å². The minimum Gasteiger partial charge on any atom is -0.443 e. The van der Waals surface area contributed by atoms with Crippen molar-refractivity contribution in [2.45, 2.75) is 92.7 Å². The number of oxazole rings is 1. The first-order valence-electron chi connectivity index (χ1n) is 13.1. The number of aromatic nitrogens is 1. The molecule has 3 aliphatic carbocycles. The van der Waals surface area contributed by atoms with Gasteiger partial charge in [-0.05, 0) is 81.3 Å². The molecule has 2 bridgehead atoms. The zero-order valence-corrected chi connectivity index (χ0v) is 21.0. The molecule has 4 fully saturated rings. The van der Waals surface area contributed by atoms with Crippen LogP contribution in [0.4, 0.5) is 8.78 Å². The molecule has 0 amide bonds. The first-order valence-corrected chi connectivity index (χ1v) is 13.1. The van der Waals surface area contributed by atoms with Crippen molar-refractivity contribution in [2.24, 2.45) is 11.3 Å². The minimum atomic E-state index is -2.33. The number of rotatable bonds is 2. The summed E-state index contributed by atoms with van der Waals surface area (Å²) >= 11 is 0. The minimum absolute atomic E-state index is 0.141. The standard InChI is InChI=1S/C28H34F2N2O4/c1-24-8-9-25(29)14-27(30)23(34)22(33)19(32(2)3)13-26(27)10-11-28(25,36-26)21(24)7-5-17(24)16-4-6-20-18(12-16)31-15-35-20/h4-6,12,15,19,21-23,33-34H,7-11,13-14H2,1-3H3/t19-,21?,22+,23-,24+,25?,26+,27?,28-/m0/s1. The first kappa shape index (κ1) is 23.3. The summed E-state index contributed by atoms with van der Waals surface area (Å²) in [6, 6.07) is 5.52. The molecule has 1 aromatic heterocycles. The summed E-state index contributed by atoms with van der Waals surface area (Å²) in [5.41, 5.74) is -3.26. The Morgan fingerprint density at radius 3 is 2.69 bits per heavy atom. The Labute approximate surface area is 209 Å². The van der Waals surface area contributed by atoms with Crippen LogP contribution in [0.1, 0.15) is 57.4 Å². The Kier molecular flexibility index (Phi) is 4.49. The van der Waals surface area contributed by atoms with Crippen molar-refractivity contribution in [2.75, 3.05) is 14.1 Å². The molecule has 2 N–H and O–H groups in total. The summed E-state index contributed by atoms with van der Waals surface area (Å²) in [6.45, 7) is 2.20. The highest BCUT2D eigenvalue weighted by Crippen LogP contribution is 2.74. The average Bonchev–Trinajstić information content (AvgIpc) is 3.54. The molecule has 7 rings (SSSR count). The van der Waals surface area contributed by atoms with E-state index in [0.29, 0.717) is 25.7 Å². The average molecular weight is 501 g/mol. The number of hydrogen-bond donors (Lipinski definition) is 2. The molecule has 1 aromatic carbocycles. The molecule has 2 aliphatic heterocycles. The predicted octanol–water partition coefficient (Wildman–Crippen LogP) is 4.20. The van der Waals surface area contributed by atoms with Crippen molar-refractivity contribution in [1.29, 1.82) is 0 Å². The van der Waals surface area contributed by atoms with Gasteiger partial charge in [0.05, 0.1) is 6.10 Å². The number of aliphatic hydroxyl groups excluding tert-OH is 2. The third-order valence-electron chi connectivity index (χ3n) is 10.9. The number of ether oxygens (including phenoxy) is 1. The molecule has 0 radical (unpaired) electrons. The highest BCUT2D eigenvalue weighted by atomic mass is 19.2. The van der Waals surface area contributed by atoms with E-state index in [1.807, 2.05) is 37.2 Å². The summed E-state index contributed by atoms with van der Waals surface area (Å²) in [6.07, 6.45) is 2.61. The molecule has 2 saturated carbocycles. The monoisotopic (exact) mass is 500 g/mol. The number of fused-ring (bicyclic) bond motifs is 2. The summed E-state index contributed by atoms with van der Waals surface area (Å²) in [5.74, 6) is -0.141. The largest absolute Gasteiger partial charge is 0.443 e. The Morgan fingerprint density at radius 1 is 1.11 bits per heavy atom. The maximum Gasteiger partial charge on any atom is 0.181 e. The van der Waals surface area contributed by atoms with Gasteiger partial charge in [-0.3, -0.25) is 0 Å². The summed E-state index contributed by atoms with van der Waals surface area (Å²) in [7, 11) is 3.62. The topological polar surface area (TPSA) is 79.0 Å². The number of nitrogens with zero attached hydrogens (tertiary/aromatic N) is 2. The third-order valence-corrected chi connectivity index (χ3v) is 10.9. The second-order valence-corrected chi connectivity index (χ2v) is 12.5. The Hall–Kier alpha value is -1.87. The van der Waals surface area contributed by atoms with Crippen molar-refractivity contribution >= 4 is 16.7 Å². The van der Waals surface area contributed by atoms with Crippen LogP contribution in [0.3, 0.4) is 0 Å². The van der Waals surface area contributed by atoms with E-state index in [2.05, 4.69) is 18.0 Å². The van der Waals surface area contributed by atoms with Crippen molar-refractivity contribution in [3.8, 4) is 0 Å². The van der Waals surface area contributed by atoms with Gasteiger partial charge in [-0.1, -0.05) is 19.1 Å². The number of benzene rings is 1. The van der Waals surface area contributed by atoms with E-state index < -0.39 is 47.2 Å². The van der Waals surface area contributed by atoms with E-state index in [4.69, 9.17) is 9.15 Å². The fraction of sp³-hybridized carbons (Fsp3) is 0.679. The highest BCUT2D eigenvalue weighted by molar-refractivity contribution is 5.82. The summed E-state index contributed by atoms with van der Waals surface area (Å²) < 4.78 is 46.2. The second-order valence-electron chi connectivity index (χ2n) is 12.5. The molecule has 6 nitrogen and oxygen atoms in total. The zero-order valence-electron chi connectivity index (χ0n) is 21.0. The number of allylic oxidation sites excluding steroid dienone is 2. The molecule has 3 heterocycles. The lowest BCUT2D eigenvalue weighted by atomic mass is 9.51. The summed E-state index contributed by atoms with van der Waals surface area (Å²) in [4.78, 5) is 6.12. The van der Waals surface area contributed by atoms with Gasteiger partial charge in [0.25, 0.3) is 0 Å². The number of alkyl halides is 2. The fourth-order valence-corrected chi connectivity index (χ4v) is 9.00. The lowest BCUT2D eigenvalue weighted by Gasteiger charge is -2.65. The smallest absolute Gasteiger partial charge is 0.181 e. The molecule has 3 unspecified atom stereocenters. The van der Waals surface area contributed by atoms with Crippen molar-refractivity contribution in [1.82, 2.24) is 9.88 Å². The quantitative estimate of drug-likeness (QED) is 0.644. The Balaban J connectivity index is 1.30. The van der Waals surface area contributed by atoms with Gasteiger partial charge in [0.2, 0.25) is 0 Å². The zero-order chi connectivity index (χ0) is 25.3. The van der Waals surface area contributed by atoms with Gasteiger partial charge in [-0.15, -0.1) is 0 Å². The lowest BCUT2D eigenvalue weighted by molar-refractivity contribution is -0.347. The SMILES string of the molecule is CN(C)[C@H]1C[C@@]23CC[C@]4(O2)C2CC=C(c5ccc6ocnc6c5)[C@@]2(C)CCC4(F)CC3(F)[C@@H](O)[C@@H]1O. The van der Waals surface area contributed by atoms with Gasteiger partial charge in [-0.25, -0.2) is 13.8 Å². The molecular weight excluding hydrogens is 466 g/mol. The van der Waals surface area contributed by atoms with Crippen molar-refractivity contribution < 1.29 is 28.1 Å². The number of aliphatic hydroxyl groups is 2. The van der Waals surface area contributed by atoms with Crippen LogP contribution in [0, 0.1) is 11.3 Å². The second kappa shape index (κ2) is 6.95. The molecule has 2 spiro atoms. The van der Waals surface area contributed by atoms with E-state index in [1.54, 1.807) is 0 Å². The molecule has 36 heavy (non-hydrogen) atoms. The fourth-order valence-electron chi connectivity index (χ4n) is 9.00. The van der Waals surface area contributed by atoms with Crippen molar-refractivity contribution in [3.05, 3.63) is 36.2 Å². The van der Waals surface area contributed by atoms with E-state index in [0.717, 1.165) is 16.7 Å². The Morgan fingerprint density at radius 2 is 1.92 bits per heavy atom. The van der Waals surface area contributed by atoms with Crippen LogP contribution in [-0.2, 0) is 4.74 Å². The summed E-state index contributed by atoms with van der Waals surface area (Å²) in [5, 5.41) is 21.8. The molecule has 2 saturated heterocycles. The van der Waals surface area contributed by atoms with Crippen LogP contribution in [0.15, 0.2) is 35.1 Å². The van der Waals surface area contributed by atoms with E-state index in [9.17, 15) is 10.2 Å². The number of hydrogen-bond acceptors (Lipinski definition) is 6. The van der Waals surface area contributed by atoms with Crippen LogP contribution >= 0.6 is 0 Å². The van der Waals surface area contributed by atoms with Gasteiger partial charge in [0.15, 0.2) is 17.6 Å². The molecule has 9 atom stereocenters. The Bertz CT molecular complexity index is 1280. The third kappa shape index (κ3) is 2.52. The maximum atomic E-state index is 17.2. The number of halogens is 2. The molecule has 5 aliphatic rings. The van der Waals surface area contributed by atoms with E-state index in [1.165, 1.54) is 12.0 Å². The van der Waals surface area contributed by atoms with Crippen LogP contribution in [-0.4, -0.2) is 75.0 Å². The molecule has 8 heteroatoms. The van der Waals surface area contributed by atoms with Gasteiger partial charge < -0.3 is 24.3 Å². The lowest BCUT2D eigenvalue weighted by Crippen LogP contribution is -2.78. The van der Waals surface area contributed by atoms with Gasteiger partial charge in [0, 0.05) is 18.4 Å². The van der Waals surface area contributed by atoms with Gasteiger partial charge >= 0.3 is 0 Å². The van der Waals surface area contributed by atoms with Crippen LogP contribution < -0.4 is 0 Å². The predicted molar refractivity (Wildman–Crippen MR) is 130 cm³/mol. The molecule has 2 aromatic rings. The van der Waals surface area contributed by atoms with E-state index >= 15 is 8.78 Å². The molecule has 194 valence electrons. The van der Waals surface area contributed by atoms with Crippen molar-refractivity contribution in [3.63, 3.8) is 0 Å².